The van der Waals surface area contributed by atoms with E-state index in [0.29, 0.717) is 5.95 Å². The Morgan fingerprint density at radius 3 is 1.24 bits per heavy atom. The summed E-state index contributed by atoms with van der Waals surface area (Å²) in [5.74, 6) is 0.417. The molecule has 0 saturated heterocycles. The van der Waals surface area contributed by atoms with Crippen LogP contribution in [0.2, 0.25) is 0 Å². The van der Waals surface area contributed by atoms with Crippen LogP contribution in [0.4, 0.5) is 0 Å². The van der Waals surface area contributed by atoms with E-state index >= 15 is 0 Å². The van der Waals surface area contributed by atoms with Crippen molar-refractivity contribution in [1.82, 2.24) is 0 Å². The Morgan fingerprint density at radius 2 is 1.00 bits per heavy atom. The zero-order chi connectivity index (χ0) is 13.9. The van der Waals surface area contributed by atoms with Crippen LogP contribution in [0.25, 0.3) is 0 Å². The third-order valence-electron chi connectivity index (χ3n) is 1.32. The van der Waals surface area contributed by atoms with Crippen molar-refractivity contribution < 1.29 is 14.2 Å². The van der Waals surface area contributed by atoms with E-state index < -0.39 is 0 Å². The second-order valence-corrected chi connectivity index (χ2v) is 7.10. The van der Waals surface area contributed by atoms with Crippen molar-refractivity contribution in [2.75, 3.05) is 0 Å². The van der Waals surface area contributed by atoms with Crippen LogP contribution < -0.4 is 0 Å². The Balaban J connectivity index is 4.74. The second kappa shape index (κ2) is 5.19. The lowest BCUT2D eigenvalue weighted by atomic mass is 10.2. The van der Waals surface area contributed by atoms with E-state index in [1.54, 1.807) is 6.26 Å². The van der Waals surface area contributed by atoms with Gasteiger partial charge in [0.05, 0.1) is 0 Å². The van der Waals surface area contributed by atoms with Gasteiger partial charge in [-0.1, -0.05) is 0 Å². The summed E-state index contributed by atoms with van der Waals surface area (Å²) in [6, 6.07) is 0. The molecule has 0 amide bonds. The minimum atomic E-state index is -0.307. The van der Waals surface area contributed by atoms with E-state index in [9.17, 15) is 0 Å². The molecule has 0 aliphatic rings. The van der Waals surface area contributed by atoms with Gasteiger partial charge < -0.3 is 14.2 Å². The smallest absolute Gasteiger partial charge is 0.316 e. The molecule has 0 rings (SSSR count). The van der Waals surface area contributed by atoms with Crippen LogP contribution in [0, 0.1) is 0 Å². The summed E-state index contributed by atoms with van der Waals surface area (Å²) in [5, 5.41) is 0. The topological polar surface area (TPSA) is 27.7 Å². The molecule has 0 aromatic rings. The first kappa shape index (κ1) is 16.1. The molecular formula is C14H28O3. The number of hydrogen-bond donors (Lipinski definition) is 0. The van der Waals surface area contributed by atoms with Gasteiger partial charge in [-0.2, -0.15) is 0 Å². The molecule has 102 valence electrons. The summed E-state index contributed by atoms with van der Waals surface area (Å²) < 4.78 is 17.0. The lowest BCUT2D eigenvalue weighted by Crippen LogP contribution is -2.26. The van der Waals surface area contributed by atoms with Gasteiger partial charge in [0, 0.05) is 0 Å². The monoisotopic (exact) mass is 244 g/mol. The molecule has 0 saturated carbocycles. The van der Waals surface area contributed by atoms with Gasteiger partial charge in [-0.15, -0.1) is 0 Å². The van der Waals surface area contributed by atoms with Crippen LogP contribution in [0.1, 0.15) is 62.3 Å². The van der Waals surface area contributed by atoms with Gasteiger partial charge >= 0.3 is 5.95 Å². The molecular weight excluding hydrogens is 216 g/mol. The predicted octanol–water partition coefficient (Wildman–Crippen LogP) is 4.23. The van der Waals surface area contributed by atoms with E-state index in [1.165, 1.54) is 0 Å². The number of hydrogen-bond acceptors (Lipinski definition) is 3. The van der Waals surface area contributed by atoms with Crippen LogP contribution in [0.5, 0.6) is 0 Å². The molecule has 0 atom stereocenters. The van der Waals surface area contributed by atoms with Crippen LogP contribution in [0.15, 0.2) is 12.2 Å². The zero-order valence-electron chi connectivity index (χ0n) is 12.8. The van der Waals surface area contributed by atoms with E-state index in [4.69, 9.17) is 14.2 Å². The van der Waals surface area contributed by atoms with Gasteiger partial charge in [-0.25, -0.2) is 0 Å². The molecule has 0 aromatic carbocycles. The maximum atomic E-state index is 5.72. The largest absolute Gasteiger partial charge is 0.488 e. The van der Waals surface area contributed by atoms with Gasteiger partial charge in [0.1, 0.15) is 16.8 Å². The molecule has 0 spiro atoms. The van der Waals surface area contributed by atoms with Crippen LogP contribution in [0.3, 0.4) is 0 Å². The predicted molar refractivity (Wildman–Crippen MR) is 70.6 cm³/mol. The molecule has 0 bridgehead atoms. The molecule has 0 unspecified atom stereocenters. The summed E-state index contributed by atoms with van der Waals surface area (Å²) in [6.07, 6.45) is 1.55. The van der Waals surface area contributed by atoms with Crippen molar-refractivity contribution in [2.45, 2.75) is 79.1 Å². The van der Waals surface area contributed by atoms with Gasteiger partial charge in [0.2, 0.25) is 0 Å². The lowest BCUT2D eigenvalue weighted by molar-refractivity contribution is -0.103. The highest BCUT2D eigenvalue weighted by molar-refractivity contribution is 4.85. The third kappa shape index (κ3) is 11.4. The first-order valence-electron chi connectivity index (χ1n) is 6.04. The number of ether oxygens (including phenoxy) is 3. The van der Waals surface area contributed by atoms with Gasteiger partial charge in [-0.05, 0) is 62.3 Å². The molecule has 0 fully saturated rings. The van der Waals surface area contributed by atoms with Gasteiger partial charge in [0.15, 0.2) is 6.26 Å². The summed E-state index contributed by atoms with van der Waals surface area (Å²) in [4.78, 5) is 0. The van der Waals surface area contributed by atoms with Gasteiger partial charge in [-0.3, -0.25) is 0 Å². The Labute approximate surface area is 106 Å². The molecule has 3 nitrogen and oxygen atoms in total. The Kier molecular flexibility index (Phi) is 4.93. The third-order valence-corrected chi connectivity index (χ3v) is 1.32. The van der Waals surface area contributed by atoms with E-state index in [0.717, 1.165) is 0 Å². The zero-order valence-corrected chi connectivity index (χ0v) is 12.8. The Morgan fingerprint density at radius 1 is 0.647 bits per heavy atom. The minimum Gasteiger partial charge on any atom is -0.488 e. The first-order valence-corrected chi connectivity index (χ1v) is 6.04. The van der Waals surface area contributed by atoms with Gasteiger partial charge in [0.25, 0.3) is 0 Å². The SMILES string of the molecule is CC(C)(C)OC=C(OC(C)(C)C)OC(C)(C)C. The number of rotatable bonds is 3. The lowest BCUT2D eigenvalue weighted by Gasteiger charge is -2.29. The quantitative estimate of drug-likeness (QED) is 0.695. The highest BCUT2D eigenvalue weighted by Gasteiger charge is 2.21. The molecule has 0 aliphatic heterocycles. The van der Waals surface area contributed by atoms with Crippen molar-refractivity contribution in [3.05, 3.63) is 12.2 Å². The Hall–Kier alpha value is -0.860. The average molecular weight is 244 g/mol. The second-order valence-electron chi connectivity index (χ2n) is 7.10. The van der Waals surface area contributed by atoms with Crippen LogP contribution in [-0.4, -0.2) is 16.8 Å². The molecule has 0 aliphatic carbocycles. The molecule has 3 heteroatoms. The highest BCUT2D eigenvalue weighted by atomic mass is 16.7. The molecule has 0 aromatic heterocycles. The van der Waals surface area contributed by atoms with Crippen LogP contribution >= 0.6 is 0 Å². The maximum Gasteiger partial charge on any atom is 0.316 e. The van der Waals surface area contributed by atoms with Crippen LogP contribution in [-0.2, 0) is 14.2 Å². The Bertz CT molecular complexity index is 241. The first-order chi connectivity index (χ1) is 7.29. The average Bonchev–Trinajstić information content (AvgIpc) is 1.92. The fourth-order valence-electron chi connectivity index (χ4n) is 0.897. The van der Waals surface area contributed by atoms with Crippen molar-refractivity contribution in [3.8, 4) is 0 Å². The summed E-state index contributed by atoms with van der Waals surface area (Å²) in [6.45, 7) is 17.8. The maximum absolute atomic E-state index is 5.72. The van der Waals surface area contributed by atoms with Crippen molar-refractivity contribution in [3.63, 3.8) is 0 Å². The minimum absolute atomic E-state index is 0.256. The van der Waals surface area contributed by atoms with Crippen molar-refractivity contribution in [1.29, 1.82) is 0 Å². The van der Waals surface area contributed by atoms with E-state index in [1.807, 2.05) is 62.3 Å². The molecule has 0 N–H and O–H groups in total. The van der Waals surface area contributed by atoms with Crippen molar-refractivity contribution >= 4 is 0 Å². The fraction of sp³-hybridized carbons (Fsp3) is 0.857. The fourth-order valence-corrected chi connectivity index (χ4v) is 0.897. The molecule has 17 heavy (non-hydrogen) atoms. The normalized spacial score (nSPS) is 13.0. The van der Waals surface area contributed by atoms with E-state index in [-0.39, 0.29) is 16.8 Å². The molecule has 0 heterocycles. The molecule has 0 radical (unpaired) electrons. The summed E-state index contributed by atoms with van der Waals surface area (Å²) in [5.41, 5.74) is -0.871. The highest BCUT2D eigenvalue weighted by Crippen LogP contribution is 2.21. The summed E-state index contributed by atoms with van der Waals surface area (Å²) >= 11 is 0. The van der Waals surface area contributed by atoms with Crippen molar-refractivity contribution in [2.24, 2.45) is 0 Å². The van der Waals surface area contributed by atoms with E-state index in [2.05, 4.69) is 0 Å². The standard InChI is InChI=1S/C14H28O3/c1-12(2,3)15-10-11(16-13(4,5)6)17-14(7,8)9/h10H,1-9H3. The summed E-state index contributed by atoms with van der Waals surface area (Å²) in [7, 11) is 0.